The lowest BCUT2D eigenvalue weighted by atomic mass is 9.92. The smallest absolute Gasteiger partial charge is 0.323 e. The number of nitrogens with zero attached hydrogens (tertiary/aromatic N) is 1. The number of carbonyl (C=O) groups excluding carboxylic acids is 3. The molecule has 2 N–H and O–H groups in total. The fraction of sp³-hybridized carbons (Fsp3) is 0.407. The van der Waals surface area contributed by atoms with Crippen LogP contribution in [0.15, 0.2) is 54.6 Å². The number of nitrogens with one attached hydrogen (secondary N) is 1. The zero-order chi connectivity index (χ0) is 25.4. The average molecular weight is 481 g/mol. The highest BCUT2D eigenvalue weighted by atomic mass is 16.5. The third-order valence-corrected chi connectivity index (χ3v) is 6.20. The van der Waals surface area contributed by atoms with Crippen LogP contribution in [0.2, 0.25) is 0 Å². The molecular weight excluding hydrogens is 448 g/mol. The summed E-state index contributed by atoms with van der Waals surface area (Å²) in [6, 6.07) is 15.3. The summed E-state index contributed by atoms with van der Waals surface area (Å²) >= 11 is 0. The van der Waals surface area contributed by atoms with E-state index in [1.165, 1.54) is 4.90 Å². The number of hydrogen-bond acceptors (Lipinski definition) is 6. The van der Waals surface area contributed by atoms with Gasteiger partial charge in [0.2, 0.25) is 5.91 Å². The van der Waals surface area contributed by atoms with Crippen molar-refractivity contribution >= 4 is 29.3 Å². The van der Waals surface area contributed by atoms with E-state index in [-0.39, 0.29) is 18.8 Å². The second-order valence-corrected chi connectivity index (χ2v) is 8.66. The molecule has 1 amide bonds. The Hall–Kier alpha value is -3.52. The number of benzene rings is 2. The molecule has 35 heavy (non-hydrogen) atoms. The molecule has 186 valence electrons. The lowest BCUT2D eigenvalue weighted by Gasteiger charge is -2.27. The maximum absolute atomic E-state index is 13.4. The number of para-hydroxylation sites is 1. The van der Waals surface area contributed by atoms with Gasteiger partial charge in [0.25, 0.3) is 0 Å². The first-order valence-electron chi connectivity index (χ1n) is 11.9. The Morgan fingerprint density at radius 3 is 2.49 bits per heavy atom. The van der Waals surface area contributed by atoms with Crippen LogP contribution in [0.25, 0.3) is 0 Å². The standard InChI is InChI=1S/C27H32N2O6/c1-3-35-27(34)22(16-13-19-9-5-4-6-10-19)28-18(2)25(32)21-15-14-20-11-7-8-12-23(20)29(26(21)33)17-24(30)31/h4-12,18,21-22,28H,3,13-17H2,1-2H3,(H,30,31)/t18-,21?,22-/m0/s1. The minimum absolute atomic E-state index is 0.216. The molecule has 8 heteroatoms. The highest BCUT2D eigenvalue weighted by molar-refractivity contribution is 6.12. The lowest BCUT2D eigenvalue weighted by molar-refractivity contribution is -0.146. The molecule has 3 atom stereocenters. The van der Waals surface area contributed by atoms with E-state index < -0.39 is 42.4 Å². The van der Waals surface area contributed by atoms with E-state index in [9.17, 15) is 24.3 Å². The van der Waals surface area contributed by atoms with Gasteiger partial charge in [-0.05, 0) is 56.7 Å². The van der Waals surface area contributed by atoms with E-state index in [4.69, 9.17) is 4.74 Å². The van der Waals surface area contributed by atoms with Crippen LogP contribution in [-0.2, 0) is 36.8 Å². The zero-order valence-corrected chi connectivity index (χ0v) is 20.1. The number of anilines is 1. The molecule has 1 heterocycles. The topological polar surface area (TPSA) is 113 Å². The first-order valence-corrected chi connectivity index (χ1v) is 11.9. The Kier molecular flexibility index (Phi) is 9.14. The number of Topliss-reactive ketones (excluding diaryl/α,β-unsaturated/α-hetero) is 1. The van der Waals surface area contributed by atoms with Crippen LogP contribution in [0.4, 0.5) is 5.69 Å². The number of aliphatic carboxylic acids is 1. The van der Waals surface area contributed by atoms with Gasteiger partial charge in [-0.2, -0.15) is 0 Å². The fourth-order valence-electron chi connectivity index (χ4n) is 4.43. The van der Waals surface area contributed by atoms with Crippen molar-refractivity contribution in [3.63, 3.8) is 0 Å². The third-order valence-electron chi connectivity index (χ3n) is 6.20. The van der Waals surface area contributed by atoms with Crippen molar-refractivity contribution < 1.29 is 29.0 Å². The molecule has 0 aromatic heterocycles. The molecule has 0 bridgehead atoms. The van der Waals surface area contributed by atoms with Crippen molar-refractivity contribution in [2.75, 3.05) is 18.1 Å². The minimum Gasteiger partial charge on any atom is -0.480 e. The molecule has 0 spiro atoms. The quantitative estimate of drug-likeness (QED) is 0.376. The summed E-state index contributed by atoms with van der Waals surface area (Å²) in [6.07, 6.45) is 1.78. The molecule has 1 aliphatic heterocycles. The van der Waals surface area contributed by atoms with Gasteiger partial charge in [0.05, 0.1) is 18.6 Å². The van der Waals surface area contributed by atoms with E-state index in [0.29, 0.717) is 24.9 Å². The SMILES string of the molecule is CCOC(=O)[C@H](CCc1ccccc1)N[C@@H](C)C(=O)C1CCc2ccccc2N(CC(=O)O)C1=O. The molecule has 8 nitrogen and oxygen atoms in total. The van der Waals surface area contributed by atoms with E-state index in [1.54, 1.807) is 26.0 Å². The zero-order valence-electron chi connectivity index (χ0n) is 20.1. The third kappa shape index (κ3) is 6.76. The first kappa shape index (κ1) is 26.1. The van der Waals surface area contributed by atoms with Crippen LogP contribution in [0, 0.1) is 5.92 Å². The molecule has 0 fully saturated rings. The van der Waals surface area contributed by atoms with Gasteiger partial charge in [-0.3, -0.25) is 24.5 Å². The van der Waals surface area contributed by atoms with E-state index in [1.807, 2.05) is 42.5 Å². The number of amides is 1. The fourth-order valence-corrected chi connectivity index (χ4v) is 4.43. The summed E-state index contributed by atoms with van der Waals surface area (Å²) in [6.45, 7) is 3.04. The molecule has 0 saturated heterocycles. The first-order chi connectivity index (χ1) is 16.8. The van der Waals surface area contributed by atoms with Crippen molar-refractivity contribution in [3.8, 4) is 0 Å². The van der Waals surface area contributed by atoms with E-state index in [0.717, 1.165) is 11.1 Å². The highest BCUT2D eigenvalue weighted by Crippen LogP contribution is 2.30. The van der Waals surface area contributed by atoms with Gasteiger partial charge in [0.1, 0.15) is 12.6 Å². The predicted octanol–water partition coefficient (Wildman–Crippen LogP) is 2.78. The summed E-state index contributed by atoms with van der Waals surface area (Å²) in [5.41, 5.74) is 2.40. The number of esters is 1. The lowest BCUT2D eigenvalue weighted by Crippen LogP contribution is -2.51. The van der Waals surface area contributed by atoms with Crippen LogP contribution in [0.5, 0.6) is 0 Å². The van der Waals surface area contributed by atoms with Gasteiger partial charge in [-0.15, -0.1) is 0 Å². The molecule has 0 aliphatic carbocycles. The van der Waals surface area contributed by atoms with Gasteiger partial charge >= 0.3 is 11.9 Å². The van der Waals surface area contributed by atoms with Crippen molar-refractivity contribution in [3.05, 3.63) is 65.7 Å². The Morgan fingerprint density at radius 1 is 1.11 bits per heavy atom. The monoisotopic (exact) mass is 480 g/mol. The summed E-state index contributed by atoms with van der Waals surface area (Å²) in [7, 11) is 0. The molecule has 2 aromatic carbocycles. The summed E-state index contributed by atoms with van der Waals surface area (Å²) in [5, 5.41) is 12.5. The van der Waals surface area contributed by atoms with Gasteiger partial charge in [0.15, 0.2) is 5.78 Å². The van der Waals surface area contributed by atoms with E-state index >= 15 is 0 Å². The predicted molar refractivity (Wildman–Crippen MR) is 131 cm³/mol. The van der Waals surface area contributed by atoms with Gasteiger partial charge in [-0.1, -0.05) is 48.5 Å². The minimum atomic E-state index is -1.16. The van der Waals surface area contributed by atoms with Crippen LogP contribution < -0.4 is 10.2 Å². The summed E-state index contributed by atoms with van der Waals surface area (Å²) in [5.74, 6) is -3.52. The normalized spacial score (nSPS) is 17.1. The number of ketones is 1. The summed E-state index contributed by atoms with van der Waals surface area (Å²) in [4.78, 5) is 52.0. The average Bonchev–Trinajstić information content (AvgIpc) is 2.98. The van der Waals surface area contributed by atoms with Crippen molar-refractivity contribution in [2.45, 2.75) is 51.6 Å². The molecule has 0 saturated carbocycles. The van der Waals surface area contributed by atoms with Crippen molar-refractivity contribution in [2.24, 2.45) is 5.92 Å². The molecule has 3 rings (SSSR count). The van der Waals surface area contributed by atoms with Crippen LogP contribution in [0.1, 0.15) is 37.8 Å². The Balaban J connectivity index is 1.76. The van der Waals surface area contributed by atoms with E-state index in [2.05, 4.69) is 5.32 Å². The number of rotatable bonds is 11. The molecule has 2 aromatic rings. The van der Waals surface area contributed by atoms with Gasteiger partial charge < -0.3 is 14.7 Å². The largest absolute Gasteiger partial charge is 0.480 e. The molecular formula is C27H32N2O6. The number of carboxylic acids is 1. The number of ether oxygens (including phenoxy) is 1. The number of fused-ring (bicyclic) bond motifs is 1. The Bertz CT molecular complexity index is 1050. The summed E-state index contributed by atoms with van der Waals surface area (Å²) < 4.78 is 5.21. The number of carbonyl (C=O) groups is 4. The molecule has 1 aliphatic rings. The molecule has 1 unspecified atom stereocenters. The van der Waals surface area contributed by atoms with Gasteiger partial charge in [-0.25, -0.2) is 0 Å². The maximum Gasteiger partial charge on any atom is 0.323 e. The van der Waals surface area contributed by atoms with Crippen LogP contribution >= 0.6 is 0 Å². The highest BCUT2D eigenvalue weighted by Gasteiger charge is 2.38. The Morgan fingerprint density at radius 2 is 1.80 bits per heavy atom. The van der Waals surface area contributed by atoms with Gasteiger partial charge in [0, 0.05) is 5.69 Å². The molecule has 0 radical (unpaired) electrons. The number of carboxylic acid groups (broad SMARTS) is 1. The van der Waals surface area contributed by atoms with Crippen LogP contribution in [-0.4, -0.2) is 54.0 Å². The Labute approximate surface area is 205 Å². The van der Waals surface area contributed by atoms with Crippen molar-refractivity contribution in [1.29, 1.82) is 0 Å². The number of hydrogen-bond donors (Lipinski definition) is 2. The second-order valence-electron chi connectivity index (χ2n) is 8.66. The second kappa shape index (κ2) is 12.3. The van der Waals surface area contributed by atoms with Crippen LogP contribution in [0.3, 0.4) is 0 Å². The maximum atomic E-state index is 13.4. The van der Waals surface area contributed by atoms with Crippen molar-refractivity contribution in [1.82, 2.24) is 5.32 Å². The number of aryl methyl sites for hydroxylation is 2.